The van der Waals surface area contributed by atoms with Crippen molar-refractivity contribution in [1.82, 2.24) is 10.3 Å². The van der Waals surface area contributed by atoms with E-state index in [1.165, 1.54) is 11.8 Å². The number of pyridine rings is 1. The summed E-state index contributed by atoms with van der Waals surface area (Å²) >= 11 is 7.37. The predicted molar refractivity (Wildman–Crippen MR) is 65.7 cm³/mol. The van der Waals surface area contributed by atoms with E-state index in [1.54, 1.807) is 18.3 Å². The van der Waals surface area contributed by atoms with Crippen LogP contribution >= 0.6 is 23.4 Å². The van der Waals surface area contributed by atoms with Gasteiger partial charge >= 0.3 is 0 Å². The molecule has 1 N–H and O–H groups in total. The quantitative estimate of drug-likeness (QED) is 0.842. The maximum Gasteiger partial charge on any atom is 0.233 e. The summed E-state index contributed by atoms with van der Waals surface area (Å²) in [6.45, 7) is 1.87. The molecule has 1 aromatic heterocycles. The topological polar surface area (TPSA) is 42.0 Å². The molecule has 1 atom stereocenters. The van der Waals surface area contributed by atoms with Crippen molar-refractivity contribution in [2.45, 2.75) is 36.1 Å². The molecule has 0 radical (unpaired) electrons. The van der Waals surface area contributed by atoms with Crippen molar-refractivity contribution in [2.75, 3.05) is 0 Å². The van der Waals surface area contributed by atoms with E-state index < -0.39 is 0 Å². The lowest BCUT2D eigenvalue weighted by atomic mass is 10.4. The maximum absolute atomic E-state index is 11.7. The Kier molecular flexibility index (Phi) is 3.71. The Bertz CT molecular complexity index is 395. The summed E-state index contributed by atoms with van der Waals surface area (Å²) in [5, 5.41) is 4.11. The molecule has 1 unspecified atom stereocenters. The highest BCUT2D eigenvalue weighted by Crippen LogP contribution is 2.28. The molecule has 1 saturated carbocycles. The van der Waals surface area contributed by atoms with Crippen LogP contribution in [-0.2, 0) is 4.79 Å². The first kappa shape index (κ1) is 11.7. The fourth-order valence-electron chi connectivity index (χ4n) is 1.23. The molecule has 1 heterocycles. The number of thioether (sulfide) groups is 1. The molecule has 0 bridgehead atoms. The minimum atomic E-state index is -0.159. The number of carbonyl (C=O) groups excluding carboxylic acids is 1. The molecule has 0 spiro atoms. The number of carbonyl (C=O) groups is 1. The molecule has 1 aliphatic rings. The summed E-state index contributed by atoms with van der Waals surface area (Å²) in [6.07, 6.45) is 3.89. The van der Waals surface area contributed by atoms with Crippen LogP contribution in [0.2, 0.25) is 5.02 Å². The number of aromatic nitrogens is 1. The zero-order chi connectivity index (χ0) is 11.5. The average molecular weight is 257 g/mol. The van der Waals surface area contributed by atoms with Gasteiger partial charge in [-0.05, 0) is 31.9 Å². The molecular formula is C11H13ClN2OS. The van der Waals surface area contributed by atoms with E-state index in [0.717, 1.165) is 12.8 Å². The summed E-state index contributed by atoms with van der Waals surface area (Å²) < 4.78 is 0. The van der Waals surface area contributed by atoms with Crippen LogP contribution in [-0.4, -0.2) is 22.2 Å². The highest BCUT2D eigenvalue weighted by molar-refractivity contribution is 8.00. The second-order valence-corrected chi connectivity index (χ2v) is 5.57. The van der Waals surface area contributed by atoms with Crippen LogP contribution in [0.3, 0.4) is 0 Å². The summed E-state index contributed by atoms with van der Waals surface area (Å²) in [5.74, 6) is 0.0641. The number of nitrogens with one attached hydrogen (secondary N) is 1. The third-order valence-corrected chi connectivity index (χ3v) is 3.84. The lowest BCUT2D eigenvalue weighted by Gasteiger charge is -2.11. The van der Waals surface area contributed by atoms with Gasteiger partial charge in [-0.1, -0.05) is 23.4 Å². The maximum atomic E-state index is 11.7. The van der Waals surface area contributed by atoms with Crippen LogP contribution in [0.1, 0.15) is 19.8 Å². The number of nitrogens with zero attached hydrogens (tertiary/aromatic N) is 1. The first-order valence-corrected chi connectivity index (χ1v) is 6.50. The Labute approximate surface area is 104 Å². The average Bonchev–Trinajstić information content (AvgIpc) is 3.05. The summed E-state index contributed by atoms with van der Waals surface area (Å²) in [5.41, 5.74) is 0. The smallest absolute Gasteiger partial charge is 0.233 e. The molecule has 2 rings (SSSR count). The highest BCUT2D eigenvalue weighted by atomic mass is 35.5. The van der Waals surface area contributed by atoms with Gasteiger partial charge in [0.2, 0.25) is 5.91 Å². The molecule has 1 amide bonds. The van der Waals surface area contributed by atoms with Gasteiger partial charge in [0.05, 0.1) is 10.3 Å². The van der Waals surface area contributed by atoms with Crippen molar-refractivity contribution >= 4 is 29.3 Å². The Hall–Kier alpha value is -0.740. The van der Waals surface area contributed by atoms with Gasteiger partial charge in [-0.25, -0.2) is 4.98 Å². The van der Waals surface area contributed by atoms with Crippen molar-refractivity contribution in [3.8, 4) is 0 Å². The third kappa shape index (κ3) is 3.12. The normalized spacial score (nSPS) is 16.9. The first-order valence-electron chi connectivity index (χ1n) is 5.24. The predicted octanol–water partition coefficient (Wildman–Crippen LogP) is 2.49. The van der Waals surface area contributed by atoms with E-state index in [4.69, 9.17) is 11.6 Å². The molecule has 5 heteroatoms. The van der Waals surface area contributed by atoms with E-state index in [9.17, 15) is 4.79 Å². The molecule has 0 aromatic carbocycles. The number of hydrogen-bond donors (Lipinski definition) is 1. The lowest BCUT2D eigenvalue weighted by Crippen LogP contribution is -2.32. The van der Waals surface area contributed by atoms with Crippen LogP contribution in [0, 0.1) is 0 Å². The van der Waals surface area contributed by atoms with Crippen LogP contribution in [0.5, 0.6) is 0 Å². The van der Waals surface area contributed by atoms with Gasteiger partial charge < -0.3 is 5.32 Å². The zero-order valence-electron chi connectivity index (χ0n) is 8.94. The molecule has 16 heavy (non-hydrogen) atoms. The van der Waals surface area contributed by atoms with E-state index in [2.05, 4.69) is 10.3 Å². The van der Waals surface area contributed by atoms with Gasteiger partial charge in [-0.15, -0.1) is 0 Å². The second-order valence-electron chi connectivity index (χ2n) is 3.83. The fraction of sp³-hybridized carbons (Fsp3) is 0.455. The molecule has 86 valence electrons. The van der Waals surface area contributed by atoms with Crippen LogP contribution in [0.4, 0.5) is 0 Å². The Morgan fingerprint density at radius 1 is 1.69 bits per heavy atom. The number of rotatable bonds is 4. The van der Waals surface area contributed by atoms with Gasteiger partial charge in [0.15, 0.2) is 0 Å². The number of halogens is 1. The van der Waals surface area contributed by atoms with Gasteiger partial charge in [-0.3, -0.25) is 4.79 Å². The van der Waals surface area contributed by atoms with Crippen LogP contribution in [0.25, 0.3) is 0 Å². The van der Waals surface area contributed by atoms with E-state index in [-0.39, 0.29) is 11.2 Å². The largest absolute Gasteiger partial charge is 0.352 e. The Morgan fingerprint density at radius 3 is 3.06 bits per heavy atom. The fourth-order valence-corrected chi connectivity index (χ4v) is 2.29. The zero-order valence-corrected chi connectivity index (χ0v) is 10.5. The van der Waals surface area contributed by atoms with Gasteiger partial charge in [0, 0.05) is 12.2 Å². The second kappa shape index (κ2) is 5.06. The SMILES string of the molecule is CC(Sc1ncccc1Cl)C(=O)NC1CC1. The van der Waals surface area contributed by atoms with Crippen LogP contribution in [0.15, 0.2) is 23.4 Å². The van der Waals surface area contributed by atoms with E-state index >= 15 is 0 Å². The van der Waals surface area contributed by atoms with Crippen molar-refractivity contribution in [3.05, 3.63) is 23.4 Å². The Balaban J connectivity index is 1.92. The monoisotopic (exact) mass is 256 g/mol. The highest BCUT2D eigenvalue weighted by Gasteiger charge is 2.26. The molecule has 3 nitrogen and oxygen atoms in total. The molecular weight excluding hydrogens is 244 g/mol. The standard InChI is InChI=1S/C11H13ClN2OS/c1-7(10(15)14-8-4-5-8)16-11-9(12)3-2-6-13-11/h2-3,6-8H,4-5H2,1H3,(H,14,15). The number of hydrogen-bond acceptors (Lipinski definition) is 3. The molecule has 0 saturated heterocycles. The van der Waals surface area contributed by atoms with Crippen LogP contribution < -0.4 is 5.32 Å². The minimum Gasteiger partial charge on any atom is -0.352 e. The van der Waals surface area contributed by atoms with Gasteiger partial charge in [0.25, 0.3) is 0 Å². The van der Waals surface area contributed by atoms with E-state index in [0.29, 0.717) is 16.1 Å². The molecule has 1 fully saturated rings. The summed E-state index contributed by atoms with van der Waals surface area (Å²) in [4.78, 5) is 15.9. The van der Waals surface area contributed by atoms with E-state index in [1.807, 2.05) is 6.92 Å². The van der Waals surface area contributed by atoms with Crippen molar-refractivity contribution in [1.29, 1.82) is 0 Å². The van der Waals surface area contributed by atoms with Crippen molar-refractivity contribution in [2.24, 2.45) is 0 Å². The number of amides is 1. The third-order valence-electron chi connectivity index (χ3n) is 2.31. The molecule has 0 aliphatic heterocycles. The first-order chi connectivity index (χ1) is 7.66. The molecule has 1 aliphatic carbocycles. The summed E-state index contributed by atoms with van der Waals surface area (Å²) in [6, 6.07) is 3.96. The molecule has 1 aromatic rings. The van der Waals surface area contributed by atoms with Crippen molar-refractivity contribution < 1.29 is 4.79 Å². The summed E-state index contributed by atoms with van der Waals surface area (Å²) in [7, 11) is 0. The lowest BCUT2D eigenvalue weighted by molar-refractivity contribution is -0.120. The van der Waals surface area contributed by atoms with Gasteiger partial charge in [-0.2, -0.15) is 0 Å². The van der Waals surface area contributed by atoms with Gasteiger partial charge in [0.1, 0.15) is 5.03 Å². The minimum absolute atomic E-state index is 0.0641. The Morgan fingerprint density at radius 2 is 2.44 bits per heavy atom. The van der Waals surface area contributed by atoms with Crippen molar-refractivity contribution in [3.63, 3.8) is 0 Å².